The predicted octanol–water partition coefficient (Wildman–Crippen LogP) is 3.83. The van der Waals surface area contributed by atoms with Gasteiger partial charge in [-0.2, -0.15) is 0 Å². The van der Waals surface area contributed by atoms with E-state index in [1.54, 1.807) is 0 Å². The minimum Gasteiger partial charge on any atom is -0.354 e. The van der Waals surface area contributed by atoms with Gasteiger partial charge >= 0.3 is 0 Å². The van der Waals surface area contributed by atoms with Gasteiger partial charge in [0.2, 0.25) is 0 Å². The molecule has 3 rings (SSSR count). The molecule has 3 nitrogen and oxygen atoms in total. The summed E-state index contributed by atoms with van der Waals surface area (Å²) in [6, 6.07) is 13.9. The molecule has 2 aromatic carbocycles. The zero-order chi connectivity index (χ0) is 15.3. The van der Waals surface area contributed by atoms with Gasteiger partial charge < -0.3 is 9.64 Å². The van der Waals surface area contributed by atoms with Gasteiger partial charge in [-0.15, -0.1) is 0 Å². The van der Waals surface area contributed by atoms with Crippen molar-refractivity contribution < 1.29 is 9.53 Å². The number of amides is 1. The first-order valence-corrected chi connectivity index (χ1v) is 7.29. The highest BCUT2D eigenvalue weighted by Crippen LogP contribution is 2.36. The number of fused-ring (bicyclic) bond motifs is 1. The third-order valence-corrected chi connectivity index (χ3v) is 4.15. The molecule has 3 heteroatoms. The third-order valence-electron chi connectivity index (χ3n) is 4.15. The maximum absolute atomic E-state index is 13.1. The van der Waals surface area contributed by atoms with E-state index in [1.165, 1.54) is 0 Å². The summed E-state index contributed by atoms with van der Waals surface area (Å²) in [7, 11) is 0. The Hall–Kier alpha value is -1.87. The summed E-state index contributed by atoms with van der Waals surface area (Å²) in [6.07, 6.45) is 0. The molecule has 1 fully saturated rings. The minimum atomic E-state index is -0.586. The van der Waals surface area contributed by atoms with Crippen LogP contribution in [0.1, 0.15) is 38.1 Å². The molecule has 0 spiro atoms. The molecule has 110 valence electrons. The second-order valence-corrected chi connectivity index (χ2v) is 6.72. The topological polar surface area (TPSA) is 29.5 Å². The van der Waals surface area contributed by atoms with Crippen LogP contribution >= 0.6 is 0 Å². The van der Waals surface area contributed by atoms with Crippen molar-refractivity contribution in [3.63, 3.8) is 0 Å². The average molecular weight is 283 g/mol. The summed E-state index contributed by atoms with van der Waals surface area (Å²) in [4.78, 5) is 15.0. The van der Waals surface area contributed by atoms with E-state index in [9.17, 15) is 4.79 Å². The van der Waals surface area contributed by atoms with Gasteiger partial charge in [-0.3, -0.25) is 4.79 Å². The van der Waals surface area contributed by atoms with E-state index >= 15 is 0 Å². The molecule has 0 unspecified atom stereocenters. The molecule has 1 aliphatic rings. The third kappa shape index (κ3) is 2.22. The molecule has 0 aliphatic carbocycles. The lowest BCUT2D eigenvalue weighted by atomic mass is 9.98. The van der Waals surface area contributed by atoms with Crippen LogP contribution in [0.15, 0.2) is 42.5 Å². The van der Waals surface area contributed by atoms with E-state index in [1.807, 2.05) is 75.1 Å². The van der Waals surface area contributed by atoms with E-state index < -0.39 is 5.72 Å². The number of rotatable bonds is 1. The van der Waals surface area contributed by atoms with Gasteiger partial charge in [0.1, 0.15) is 5.72 Å². The van der Waals surface area contributed by atoms with Gasteiger partial charge in [-0.05, 0) is 44.5 Å². The molecular weight excluding hydrogens is 262 g/mol. The molecule has 0 atom stereocenters. The van der Waals surface area contributed by atoms with Crippen LogP contribution in [0.4, 0.5) is 0 Å². The molecule has 2 aromatic rings. The molecule has 0 saturated carbocycles. The monoisotopic (exact) mass is 283 g/mol. The molecule has 1 aliphatic heterocycles. The summed E-state index contributed by atoms with van der Waals surface area (Å²) in [5.41, 5.74) is -0.158. The fourth-order valence-electron chi connectivity index (χ4n) is 3.26. The molecule has 1 heterocycles. The zero-order valence-electron chi connectivity index (χ0n) is 13.0. The summed E-state index contributed by atoms with van der Waals surface area (Å²) in [5, 5.41) is 2.07. The van der Waals surface area contributed by atoms with Crippen LogP contribution in [0.25, 0.3) is 10.8 Å². The Kier molecular flexibility index (Phi) is 3.06. The number of hydrogen-bond donors (Lipinski definition) is 0. The SMILES string of the molecule is CC1(C)COC(C)(C)N1C(=O)c1cccc2ccccc12. The molecule has 0 aromatic heterocycles. The lowest BCUT2D eigenvalue weighted by molar-refractivity contribution is -0.0430. The second-order valence-electron chi connectivity index (χ2n) is 6.72. The van der Waals surface area contributed by atoms with Gasteiger partial charge in [0, 0.05) is 5.56 Å². The predicted molar refractivity (Wildman–Crippen MR) is 84.2 cm³/mol. The lowest BCUT2D eigenvalue weighted by Crippen LogP contribution is -2.52. The lowest BCUT2D eigenvalue weighted by Gasteiger charge is -2.38. The van der Waals surface area contributed by atoms with E-state index in [0.717, 1.165) is 16.3 Å². The number of nitrogens with zero attached hydrogens (tertiary/aromatic N) is 1. The van der Waals surface area contributed by atoms with Gasteiger partial charge in [0.05, 0.1) is 12.1 Å². The van der Waals surface area contributed by atoms with E-state index in [4.69, 9.17) is 4.74 Å². The Labute approximate surface area is 125 Å². The standard InChI is InChI=1S/C18H21NO2/c1-17(2)12-21-18(3,4)19(17)16(20)15-11-7-9-13-8-5-6-10-14(13)15/h5-11H,12H2,1-4H3. The molecule has 1 saturated heterocycles. The molecule has 21 heavy (non-hydrogen) atoms. The summed E-state index contributed by atoms with van der Waals surface area (Å²) < 4.78 is 5.83. The Morgan fingerprint density at radius 3 is 2.38 bits per heavy atom. The normalized spacial score (nSPS) is 19.9. The van der Waals surface area contributed by atoms with Crippen LogP contribution < -0.4 is 0 Å². The highest BCUT2D eigenvalue weighted by Gasteiger charge is 2.48. The first kappa shape index (κ1) is 14.1. The summed E-state index contributed by atoms with van der Waals surface area (Å²) >= 11 is 0. The Morgan fingerprint density at radius 2 is 1.71 bits per heavy atom. The largest absolute Gasteiger partial charge is 0.354 e. The molecule has 0 radical (unpaired) electrons. The molecular formula is C18H21NO2. The van der Waals surface area contributed by atoms with Crippen LogP contribution in [0, 0.1) is 0 Å². The first-order chi connectivity index (χ1) is 9.83. The highest BCUT2D eigenvalue weighted by atomic mass is 16.5. The average Bonchev–Trinajstić information content (AvgIpc) is 2.66. The van der Waals surface area contributed by atoms with Crippen molar-refractivity contribution in [1.29, 1.82) is 0 Å². The van der Waals surface area contributed by atoms with Crippen LogP contribution in [0.3, 0.4) is 0 Å². The van der Waals surface area contributed by atoms with E-state index in [2.05, 4.69) is 0 Å². The van der Waals surface area contributed by atoms with Crippen molar-refractivity contribution in [2.75, 3.05) is 6.61 Å². The Morgan fingerprint density at radius 1 is 1.05 bits per heavy atom. The smallest absolute Gasteiger partial charge is 0.257 e. The highest BCUT2D eigenvalue weighted by molar-refractivity contribution is 6.07. The first-order valence-electron chi connectivity index (χ1n) is 7.29. The van der Waals surface area contributed by atoms with Crippen molar-refractivity contribution in [1.82, 2.24) is 4.90 Å². The van der Waals surface area contributed by atoms with Crippen LogP contribution in [0.2, 0.25) is 0 Å². The summed E-state index contributed by atoms with van der Waals surface area (Å²) in [5.74, 6) is 0.0271. The van der Waals surface area contributed by atoms with Crippen LogP contribution in [-0.2, 0) is 4.74 Å². The molecule has 1 amide bonds. The van der Waals surface area contributed by atoms with Gasteiger partial charge in [0.25, 0.3) is 5.91 Å². The van der Waals surface area contributed by atoms with Crippen molar-refractivity contribution in [2.24, 2.45) is 0 Å². The Balaban J connectivity index is 2.13. The van der Waals surface area contributed by atoms with E-state index in [0.29, 0.717) is 6.61 Å². The molecule has 0 bridgehead atoms. The van der Waals surface area contributed by atoms with E-state index in [-0.39, 0.29) is 11.4 Å². The van der Waals surface area contributed by atoms with Gasteiger partial charge in [0.15, 0.2) is 0 Å². The van der Waals surface area contributed by atoms with Crippen LogP contribution in [0.5, 0.6) is 0 Å². The maximum Gasteiger partial charge on any atom is 0.257 e. The quantitative estimate of drug-likeness (QED) is 0.796. The number of ether oxygens (including phenoxy) is 1. The second kappa shape index (κ2) is 4.57. The van der Waals surface area contributed by atoms with Crippen molar-refractivity contribution in [2.45, 2.75) is 39.0 Å². The minimum absolute atomic E-state index is 0.0271. The van der Waals surface area contributed by atoms with Crippen molar-refractivity contribution in [3.8, 4) is 0 Å². The molecule has 0 N–H and O–H groups in total. The fraction of sp³-hybridized carbons (Fsp3) is 0.389. The number of benzene rings is 2. The summed E-state index contributed by atoms with van der Waals surface area (Å²) in [6.45, 7) is 8.54. The maximum atomic E-state index is 13.1. The van der Waals surface area contributed by atoms with Crippen molar-refractivity contribution >= 4 is 16.7 Å². The number of hydrogen-bond acceptors (Lipinski definition) is 2. The van der Waals surface area contributed by atoms with Crippen LogP contribution in [-0.4, -0.2) is 28.7 Å². The fourth-order valence-corrected chi connectivity index (χ4v) is 3.26. The van der Waals surface area contributed by atoms with Gasteiger partial charge in [-0.25, -0.2) is 0 Å². The number of carbonyl (C=O) groups excluding carboxylic acids is 1. The van der Waals surface area contributed by atoms with Gasteiger partial charge in [-0.1, -0.05) is 36.4 Å². The zero-order valence-corrected chi connectivity index (χ0v) is 13.0. The number of carbonyl (C=O) groups is 1. The van der Waals surface area contributed by atoms with Crippen molar-refractivity contribution in [3.05, 3.63) is 48.0 Å². The Bertz CT molecular complexity index is 682.